The van der Waals surface area contributed by atoms with E-state index in [0.717, 1.165) is 51.8 Å². The van der Waals surface area contributed by atoms with Crippen molar-refractivity contribution in [1.29, 1.82) is 0 Å². The highest BCUT2D eigenvalue weighted by Gasteiger charge is 2.47. The smallest absolute Gasteiger partial charge is 0.262 e. The molecule has 318 valence electrons. The number of nitrogens with one attached hydrogen (secondary N) is 2. The lowest BCUT2D eigenvalue weighted by Crippen LogP contribution is -2.54. The number of benzene rings is 3. The Morgan fingerprint density at radius 3 is 2.21 bits per heavy atom. The number of imide groups is 2. The van der Waals surface area contributed by atoms with Crippen molar-refractivity contribution in [2.45, 2.75) is 83.1 Å². The summed E-state index contributed by atoms with van der Waals surface area (Å²) in [6.07, 6.45) is 0.157. The number of hydrogen-bond acceptors (Lipinski definition) is 8. The van der Waals surface area contributed by atoms with Crippen LogP contribution in [0.1, 0.15) is 93.7 Å². The van der Waals surface area contributed by atoms with E-state index in [1.165, 1.54) is 17.0 Å². The number of rotatable bonds is 7. The van der Waals surface area contributed by atoms with Crippen molar-refractivity contribution in [3.05, 3.63) is 99.2 Å². The Kier molecular flexibility index (Phi) is 9.58. The summed E-state index contributed by atoms with van der Waals surface area (Å²) in [6, 6.07) is 11.1. The number of hydrogen-bond donors (Lipinski definition) is 2. The van der Waals surface area contributed by atoms with Crippen LogP contribution in [0.15, 0.2) is 48.5 Å². The summed E-state index contributed by atoms with van der Waals surface area (Å²) in [5.74, 6) is -3.81. The van der Waals surface area contributed by atoms with E-state index in [-0.39, 0.29) is 53.4 Å². The molecule has 7 heterocycles. The summed E-state index contributed by atoms with van der Waals surface area (Å²) in [5, 5.41) is 3.13. The Morgan fingerprint density at radius 1 is 0.902 bits per heavy atom. The van der Waals surface area contributed by atoms with Crippen molar-refractivity contribution in [2.24, 2.45) is 5.41 Å². The maximum absolute atomic E-state index is 16.4. The van der Waals surface area contributed by atoms with Gasteiger partial charge in [-0.3, -0.25) is 44.0 Å². The number of anilines is 1. The molecule has 61 heavy (non-hydrogen) atoms. The van der Waals surface area contributed by atoms with E-state index in [1.54, 1.807) is 12.1 Å². The minimum absolute atomic E-state index is 0.0306. The number of nitrogens with zero attached hydrogens (tertiary/aromatic N) is 5. The van der Waals surface area contributed by atoms with E-state index < -0.39 is 60.3 Å². The lowest BCUT2D eigenvalue weighted by atomic mass is 9.77. The molecule has 3 aromatic carbocycles. The molecule has 3 atom stereocenters. The Hall–Kier alpha value is -5.61. The van der Waals surface area contributed by atoms with Gasteiger partial charge in [0.15, 0.2) is 0 Å². The zero-order chi connectivity index (χ0) is 42.5. The van der Waals surface area contributed by atoms with Gasteiger partial charge in [-0.05, 0) is 91.5 Å². The fraction of sp³-hybridized carbons (Fsp3) is 0.444. The fourth-order valence-electron chi connectivity index (χ4n) is 10.9. The van der Waals surface area contributed by atoms with Crippen molar-refractivity contribution in [3.63, 3.8) is 0 Å². The van der Waals surface area contributed by atoms with Gasteiger partial charge in [0, 0.05) is 79.6 Å². The first-order valence-electron chi connectivity index (χ1n) is 21.0. The van der Waals surface area contributed by atoms with Crippen LogP contribution in [0.5, 0.6) is 0 Å². The van der Waals surface area contributed by atoms with Gasteiger partial charge >= 0.3 is 0 Å². The van der Waals surface area contributed by atoms with Crippen LogP contribution in [0.25, 0.3) is 10.9 Å². The van der Waals surface area contributed by atoms with Crippen LogP contribution in [-0.4, -0.2) is 112 Å². The molecule has 5 amide bonds. The number of aromatic nitrogens is 1. The summed E-state index contributed by atoms with van der Waals surface area (Å²) in [7, 11) is 0. The number of halogens is 4. The Bertz CT molecular complexity index is 2470. The molecular formula is C45H45F4N7O5. The van der Waals surface area contributed by atoms with Crippen LogP contribution in [0.4, 0.5) is 23.2 Å². The third kappa shape index (κ3) is 6.69. The topological polar surface area (TPSA) is 129 Å². The average Bonchev–Trinajstić information content (AvgIpc) is 3.98. The average molecular weight is 840 g/mol. The minimum atomic E-state index is -2.69. The molecule has 1 aromatic heterocycles. The number of fused-ring (bicyclic) bond motifs is 5. The van der Waals surface area contributed by atoms with Gasteiger partial charge in [-0.2, -0.15) is 0 Å². The Labute approximate surface area is 348 Å². The van der Waals surface area contributed by atoms with E-state index in [1.807, 2.05) is 45.9 Å². The molecule has 1 spiro atoms. The number of carbonyl (C=O) groups excluding carboxylic acids is 5. The zero-order valence-corrected chi connectivity index (χ0v) is 33.6. The molecule has 0 aliphatic carbocycles. The van der Waals surface area contributed by atoms with Crippen molar-refractivity contribution >= 4 is 46.1 Å². The number of amides is 5. The van der Waals surface area contributed by atoms with E-state index in [0.29, 0.717) is 57.1 Å². The third-order valence-corrected chi connectivity index (χ3v) is 14.1. The van der Waals surface area contributed by atoms with Gasteiger partial charge in [-0.15, -0.1) is 0 Å². The van der Waals surface area contributed by atoms with Crippen molar-refractivity contribution in [2.75, 3.05) is 44.2 Å². The molecule has 0 radical (unpaired) electrons. The predicted molar refractivity (Wildman–Crippen MR) is 215 cm³/mol. The highest BCUT2D eigenvalue weighted by Crippen LogP contribution is 2.46. The second-order valence-corrected chi connectivity index (χ2v) is 17.7. The van der Waals surface area contributed by atoms with Gasteiger partial charge in [0.25, 0.3) is 18.2 Å². The van der Waals surface area contributed by atoms with Gasteiger partial charge in [0.2, 0.25) is 17.7 Å². The van der Waals surface area contributed by atoms with E-state index >= 15 is 8.78 Å². The number of piperidine rings is 2. The van der Waals surface area contributed by atoms with Crippen molar-refractivity contribution in [1.82, 2.24) is 29.9 Å². The Morgan fingerprint density at radius 2 is 1.56 bits per heavy atom. The molecule has 4 aromatic rings. The normalized spacial score (nSPS) is 24.0. The largest absolute Gasteiger partial charge is 0.371 e. The molecule has 1 unspecified atom stereocenters. The first-order chi connectivity index (χ1) is 29.3. The van der Waals surface area contributed by atoms with Crippen LogP contribution < -0.4 is 10.2 Å². The highest BCUT2D eigenvalue weighted by molar-refractivity contribution is 6.23. The monoisotopic (exact) mass is 839 g/mol. The number of likely N-dealkylation sites (tertiary alicyclic amines) is 1. The predicted octanol–water partition coefficient (Wildman–Crippen LogP) is 5.28. The molecule has 6 aliphatic rings. The van der Waals surface area contributed by atoms with Crippen LogP contribution in [0.3, 0.4) is 0 Å². The molecule has 16 heteroatoms. The third-order valence-electron chi connectivity index (χ3n) is 14.1. The second-order valence-electron chi connectivity index (χ2n) is 17.7. The molecule has 0 bridgehead atoms. The summed E-state index contributed by atoms with van der Waals surface area (Å²) >= 11 is 0. The van der Waals surface area contributed by atoms with Crippen LogP contribution in [0.2, 0.25) is 0 Å². The number of carbonyl (C=O) groups is 5. The van der Waals surface area contributed by atoms with Gasteiger partial charge in [-0.1, -0.05) is 18.2 Å². The summed E-state index contributed by atoms with van der Waals surface area (Å²) < 4.78 is 60.6. The van der Waals surface area contributed by atoms with Gasteiger partial charge in [0.05, 0.1) is 30.3 Å². The molecule has 2 N–H and O–H groups in total. The first-order valence-corrected chi connectivity index (χ1v) is 21.0. The van der Waals surface area contributed by atoms with Crippen LogP contribution in [0, 0.1) is 17.0 Å². The quantitative estimate of drug-likeness (QED) is 0.190. The van der Waals surface area contributed by atoms with Gasteiger partial charge in [-0.25, -0.2) is 17.6 Å². The van der Waals surface area contributed by atoms with Gasteiger partial charge < -0.3 is 14.8 Å². The molecule has 3 fully saturated rings. The molecule has 3 saturated heterocycles. The fourth-order valence-corrected chi connectivity index (χ4v) is 10.9. The Balaban J connectivity index is 0.780. The number of aromatic amines is 1. The number of para-hydroxylation sites is 1. The molecule has 10 rings (SSSR count). The lowest BCUT2D eigenvalue weighted by molar-refractivity contribution is -0.136. The van der Waals surface area contributed by atoms with E-state index in [9.17, 15) is 32.8 Å². The first kappa shape index (κ1) is 39.5. The summed E-state index contributed by atoms with van der Waals surface area (Å²) in [5.41, 5.74) is 4.35. The van der Waals surface area contributed by atoms with Crippen LogP contribution >= 0.6 is 0 Å². The van der Waals surface area contributed by atoms with Crippen molar-refractivity contribution < 1.29 is 41.5 Å². The van der Waals surface area contributed by atoms with Crippen LogP contribution in [-0.2, 0) is 33.9 Å². The minimum Gasteiger partial charge on any atom is -0.371 e. The summed E-state index contributed by atoms with van der Waals surface area (Å²) in [4.78, 5) is 75.9. The molecule has 12 nitrogen and oxygen atoms in total. The SMILES string of the molecule is C[C@@H]1Cc2c([nH]c3ccccc23)[C@@H](c2c(F)cc(N3CCC4(CCN(C(=O)CN5Cc6cc7c(cc6C5)C(=O)N(C5CCC(=O)NC5=O)C7=O)CC4)C3)cc2F)N1CC(F)F. The van der Waals surface area contributed by atoms with Gasteiger partial charge in [0.1, 0.15) is 17.7 Å². The lowest BCUT2D eigenvalue weighted by Gasteiger charge is -2.41. The molecular weight excluding hydrogens is 795 g/mol. The van der Waals surface area contributed by atoms with Crippen molar-refractivity contribution in [3.8, 4) is 0 Å². The number of alkyl halides is 2. The highest BCUT2D eigenvalue weighted by atomic mass is 19.3. The summed E-state index contributed by atoms with van der Waals surface area (Å²) in [6.45, 7) is 4.41. The maximum Gasteiger partial charge on any atom is 0.262 e. The maximum atomic E-state index is 16.4. The molecule has 6 aliphatic heterocycles. The standard InChI is InChI=1S/C45H45F4N7O5/c1-24-14-29-28-4-2-3-5-34(28)50-40(29)41(55(24)21-36(48)49)39-32(46)17-27(18-33(39)47)54-13-10-45(23-54)8-11-53(12-9-45)38(58)22-52-19-25-15-30-31(16-26(25)20-52)44(61)56(43(30)60)35-6-7-37(57)51-42(35)59/h2-5,15-18,24,35-36,41,50H,6-14,19-23H2,1H3,(H,51,57,59)/t24-,35?,41-/m1/s1. The zero-order valence-electron chi connectivity index (χ0n) is 33.6. The second kappa shape index (κ2) is 14.8. The van der Waals surface area contributed by atoms with E-state index in [4.69, 9.17) is 0 Å². The molecule has 0 saturated carbocycles. The van der Waals surface area contributed by atoms with E-state index in [2.05, 4.69) is 10.3 Å². The number of H-pyrrole nitrogens is 1.